The van der Waals surface area contributed by atoms with Gasteiger partial charge in [-0.05, 0) is 30.3 Å². The van der Waals surface area contributed by atoms with Gasteiger partial charge < -0.3 is 9.88 Å². The molecular weight excluding hydrogens is 360 g/mol. The van der Waals surface area contributed by atoms with E-state index in [2.05, 4.69) is 10.3 Å². The van der Waals surface area contributed by atoms with Crippen LogP contribution in [-0.4, -0.2) is 20.4 Å². The zero-order valence-electron chi connectivity index (χ0n) is 15.8. The topological polar surface area (TPSA) is 59.8 Å². The lowest BCUT2D eigenvalue weighted by atomic mass is 10.1. The molecule has 1 N–H and O–H groups in total. The van der Waals surface area contributed by atoms with Crippen molar-refractivity contribution >= 4 is 33.5 Å². The van der Waals surface area contributed by atoms with Crippen LogP contribution in [0.1, 0.15) is 10.4 Å². The molecular formula is C24H18N4O. The zero-order chi connectivity index (χ0) is 19.8. The highest BCUT2D eigenvalue weighted by molar-refractivity contribution is 6.11. The number of para-hydroxylation sites is 3. The number of fused-ring (bicyclic) bond motifs is 2. The molecule has 0 fully saturated rings. The number of nitrogens with one attached hydrogen (secondary N) is 1. The lowest BCUT2D eigenvalue weighted by molar-refractivity contribution is 0.102. The van der Waals surface area contributed by atoms with Crippen LogP contribution < -0.4 is 5.32 Å². The lowest BCUT2D eigenvalue weighted by Gasteiger charge is -2.11. The van der Waals surface area contributed by atoms with E-state index in [0.717, 1.165) is 33.3 Å². The Balaban J connectivity index is 1.58. The van der Waals surface area contributed by atoms with E-state index in [-0.39, 0.29) is 5.91 Å². The maximum Gasteiger partial charge on any atom is 0.256 e. The molecule has 0 atom stereocenters. The van der Waals surface area contributed by atoms with E-state index in [0.29, 0.717) is 11.3 Å². The van der Waals surface area contributed by atoms with Crippen LogP contribution in [0, 0.1) is 0 Å². The minimum absolute atomic E-state index is 0.189. The molecule has 0 unspecified atom stereocenters. The van der Waals surface area contributed by atoms with Gasteiger partial charge in [0.15, 0.2) is 0 Å². The van der Waals surface area contributed by atoms with Crippen LogP contribution in [0.4, 0.5) is 5.69 Å². The van der Waals surface area contributed by atoms with Crippen LogP contribution in [0.2, 0.25) is 0 Å². The fourth-order valence-electron chi connectivity index (χ4n) is 3.66. The highest BCUT2D eigenvalue weighted by Crippen LogP contribution is 2.28. The van der Waals surface area contributed by atoms with Crippen molar-refractivity contribution in [3.8, 4) is 11.4 Å². The van der Waals surface area contributed by atoms with E-state index in [1.165, 1.54) is 0 Å². The summed E-state index contributed by atoms with van der Waals surface area (Å²) < 4.78 is 2.01. The molecule has 5 heteroatoms. The van der Waals surface area contributed by atoms with E-state index >= 15 is 0 Å². The van der Waals surface area contributed by atoms with Gasteiger partial charge in [-0.15, -0.1) is 0 Å². The fourth-order valence-corrected chi connectivity index (χ4v) is 3.66. The molecule has 3 aromatic carbocycles. The molecule has 2 heterocycles. The van der Waals surface area contributed by atoms with Gasteiger partial charge in [-0.3, -0.25) is 9.78 Å². The van der Waals surface area contributed by atoms with Crippen LogP contribution in [0.25, 0.3) is 33.3 Å². The van der Waals surface area contributed by atoms with E-state index < -0.39 is 0 Å². The summed E-state index contributed by atoms with van der Waals surface area (Å²) in [6, 6.07) is 25.1. The average molecular weight is 378 g/mol. The number of anilines is 1. The smallest absolute Gasteiger partial charge is 0.256 e. The normalized spacial score (nSPS) is 11.1. The molecule has 0 aliphatic heterocycles. The number of pyridine rings is 1. The minimum Gasteiger partial charge on any atom is -0.327 e. The van der Waals surface area contributed by atoms with Crippen molar-refractivity contribution in [2.45, 2.75) is 0 Å². The number of hydrogen-bond donors (Lipinski definition) is 1. The lowest BCUT2D eigenvalue weighted by Crippen LogP contribution is -2.14. The number of benzene rings is 3. The monoisotopic (exact) mass is 378 g/mol. The van der Waals surface area contributed by atoms with Crippen LogP contribution in [-0.2, 0) is 7.05 Å². The summed E-state index contributed by atoms with van der Waals surface area (Å²) in [6.45, 7) is 0. The Bertz CT molecular complexity index is 1360. The SMILES string of the molecule is Cn1c(-c2ccccc2C(=O)Nc2cccc3cccnc23)nc2ccccc21. The van der Waals surface area contributed by atoms with Gasteiger partial charge in [-0.1, -0.05) is 48.5 Å². The molecule has 5 rings (SSSR count). The van der Waals surface area contributed by atoms with Crippen molar-refractivity contribution in [3.05, 3.63) is 90.6 Å². The third-order valence-electron chi connectivity index (χ3n) is 5.08. The van der Waals surface area contributed by atoms with E-state index in [1.807, 2.05) is 90.5 Å². The Kier molecular flexibility index (Phi) is 4.06. The second kappa shape index (κ2) is 6.87. The first-order valence-corrected chi connectivity index (χ1v) is 9.38. The van der Waals surface area contributed by atoms with E-state index in [9.17, 15) is 4.79 Å². The number of hydrogen-bond acceptors (Lipinski definition) is 3. The predicted octanol–water partition coefficient (Wildman–Crippen LogP) is 5.04. The van der Waals surface area contributed by atoms with Crippen molar-refractivity contribution < 1.29 is 4.79 Å². The van der Waals surface area contributed by atoms with Crippen LogP contribution in [0.15, 0.2) is 85.1 Å². The van der Waals surface area contributed by atoms with E-state index in [1.54, 1.807) is 6.20 Å². The Morgan fingerprint density at radius 1 is 0.897 bits per heavy atom. The molecule has 29 heavy (non-hydrogen) atoms. The fraction of sp³-hybridized carbons (Fsp3) is 0.0417. The summed E-state index contributed by atoms with van der Waals surface area (Å²) in [5, 5.41) is 4.01. The summed E-state index contributed by atoms with van der Waals surface area (Å²) in [6.07, 6.45) is 1.73. The van der Waals surface area contributed by atoms with Gasteiger partial charge in [0.2, 0.25) is 0 Å². The molecule has 140 valence electrons. The number of carbonyl (C=O) groups is 1. The van der Waals surface area contributed by atoms with Gasteiger partial charge in [-0.25, -0.2) is 4.98 Å². The molecule has 5 aromatic rings. The second-order valence-electron chi connectivity index (χ2n) is 6.86. The van der Waals surface area contributed by atoms with Gasteiger partial charge in [0.05, 0.1) is 27.8 Å². The second-order valence-corrected chi connectivity index (χ2v) is 6.86. The Morgan fingerprint density at radius 3 is 2.59 bits per heavy atom. The van der Waals surface area contributed by atoms with Crippen LogP contribution >= 0.6 is 0 Å². The van der Waals surface area contributed by atoms with E-state index in [4.69, 9.17) is 4.98 Å². The molecule has 0 spiro atoms. The number of nitrogens with zero attached hydrogens (tertiary/aromatic N) is 3. The van der Waals surface area contributed by atoms with Gasteiger partial charge in [0.25, 0.3) is 5.91 Å². The first kappa shape index (κ1) is 17.1. The van der Waals surface area contributed by atoms with Crippen molar-refractivity contribution in [1.29, 1.82) is 0 Å². The van der Waals surface area contributed by atoms with Gasteiger partial charge in [0, 0.05) is 24.2 Å². The molecule has 0 saturated heterocycles. The number of rotatable bonds is 3. The first-order chi connectivity index (χ1) is 14.2. The standard InChI is InChI=1S/C24H18N4O/c1-28-21-14-5-4-12-19(21)26-23(28)17-10-2-3-11-18(17)24(29)27-20-13-6-8-16-9-7-15-25-22(16)20/h2-15H,1H3,(H,27,29). The maximum absolute atomic E-state index is 13.2. The Hall–Kier alpha value is -3.99. The van der Waals surface area contributed by atoms with Crippen molar-refractivity contribution in [3.63, 3.8) is 0 Å². The number of aromatic nitrogens is 3. The predicted molar refractivity (Wildman–Crippen MR) is 116 cm³/mol. The molecule has 1 amide bonds. The Labute approximate surface area is 167 Å². The van der Waals surface area contributed by atoms with Crippen molar-refractivity contribution in [2.75, 3.05) is 5.32 Å². The van der Waals surface area contributed by atoms with Crippen molar-refractivity contribution in [1.82, 2.24) is 14.5 Å². The molecule has 0 saturated carbocycles. The molecule has 0 radical (unpaired) electrons. The maximum atomic E-state index is 13.2. The highest BCUT2D eigenvalue weighted by Gasteiger charge is 2.18. The van der Waals surface area contributed by atoms with Crippen LogP contribution in [0.3, 0.4) is 0 Å². The minimum atomic E-state index is -0.189. The summed E-state index contributed by atoms with van der Waals surface area (Å²) in [7, 11) is 1.97. The largest absolute Gasteiger partial charge is 0.327 e. The number of imidazole rings is 1. The molecule has 2 aromatic heterocycles. The van der Waals surface area contributed by atoms with Gasteiger partial charge in [-0.2, -0.15) is 0 Å². The summed E-state index contributed by atoms with van der Waals surface area (Å²) >= 11 is 0. The Morgan fingerprint density at radius 2 is 1.69 bits per heavy atom. The number of amides is 1. The van der Waals surface area contributed by atoms with Gasteiger partial charge >= 0.3 is 0 Å². The average Bonchev–Trinajstić information content (AvgIpc) is 3.10. The summed E-state index contributed by atoms with van der Waals surface area (Å²) in [4.78, 5) is 22.4. The summed E-state index contributed by atoms with van der Waals surface area (Å²) in [5.41, 5.74) is 4.74. The van der Waals surface area contributed by atoms with Gasteiger partial charge in [0.1, 0.15) is 5.82 Å². The summed E-state index contributed by atoms with van der Waals surface area (Å²) in [5.74, 6) is 0.568. The third kappa shape index (κ3) is 2.93. The van der Waals surface area contributed by atoms with Crippen LogP contribution in [0.5, 0.6) is 0 Å². The first-order valence-electron chi connectivity index (χ1n) is 9.38. The number of aryl methyl sites for hydroxylation is 1. The molecule has 0 aliphatic carbocycles. The highest BCUT2D eigenvalue weighted by atomic mass is 16.1. The molecule has 0 bridgehead atoms. The number of carbonyl (C=O) groups excluding carboxylic acids is 1. The third-order valence-corrected chi connectivity index (χ3v) is 5.08. The molecule has 5 nitrogen and oxygen atoms in total. The quantitative estimate of drug-likeness (QED) is 0.478. The van der Waals surface area contributed by atoms with Crippen molar-refractivity contribution in [2.24, 2.45) is 7.05 Å². The zero-order valence-corrected chi connectivity index (χ0v) is 15.8. The molecule has 0 aliphatic rings.